The molecule has 0 spiro atoms. The molecule has 2 aromatic carbocycles. The van der Waals surface area contributed by atoms with Gasteiger partial charge in [0.15, 0.2) is 12.4 Å². The van der Waals surface area contributed by atoms with Crippen LogP contribution in [0.5, 0.6) is 11.5 Å². The number of oxime groups is 1. The van der Waals surface area contributed by atoms with Crippen molar-refractivity contribution in [1.82, 2.24) is 0 Å². The van der Waals surface area contributed by atoms with Crippen molar-refractivity contribution in [2.45, 2.75) is 0 Å². The molecule has 0 unspecified atom stereocenters. The first-order valence-electron chi connectivity index (χ1n) is 6.54. The van der Waals surface area contributed by atoms with Gasteiger partial charge in [0.05, 0.1) is 7.11 Å². The zero-order valence-electron chi connectivity index (χ0n) is 12.1. The van der Waals surface area contributed by atoms with Gasteiger partial charge >= 0.3 is 5.97 Å². The van der Waals surface area contributed by atoms with Gasteiger partial charge < -0.3 is 20.0 Å². The van der Waals surface area contributed by atoms with Crippen molar-refractivity contribution in [3.05, 3.63) is 60.2 Å². The highest BCUT2D eigenvalue weighted by Crippen LogP contribution is 2.11. The fourth-order valence-electron chi connectivity index (χ4n) is 1.60. The van der Waals surface area contributed by atoms with Crippen LogP contribution in [0.25, 0.3) is 0 Å². The van der Waals surface area contributed by atoms with Crippen molar-refractivity contribution < 1.29 is 19.1 Å². The van der Waals surface area contributed by atoms with Crippen molar-refractivity contribution >= 4 is 11.8 Å². The molecule has 0 aliphatic heterocycles. The minimum Gasteiger partial charge on any atom is -0.497 e. The highest BCUT2D eigenvalue weighted by molar-refractivity contribution is 5.97. The number of methoxy groups -OCH3 is 1. The number of para-hydroxylation sites is 1. The van der Waals surface area contributed by atoms with E-state index in [0.29, 0.717) is 17.1 Å². The maximum absolute atomic E-state index is 11.5. The molecule has 2 N–H and O–H groups in total. The molecule has 0 aliphatic rings. The second-order valence-corrected chi connectivity index (χ2v) is 4.27. The van der Waals surface area contributed by atoms with E-state index in [4.69, 9.17) is 20.0 Å². The summed E-state index contributed by atoms with van der Waals surface area (Å²) >= 11 is 0. The summed E-state index contributed by atoms with van der Waals surface area (Å²) in [6.45, 7) is -0.247. The number of benzene rings is 2. The van der Waals surface area contributed by atoms with Crippen LogP contribution in [0.15, 0.2) is 59.8 Å². The fourth-order valence-corrected chi connectivity index (χ4v) is 1.60. The SMILES string of the molecule is COc1ccc(/C(N)=N/OC(=O)COc2ccccc2)cc1. The molecule has 0 radical (unpaired) electrons. The van der Waals surface area contributed by atoms with E-state index in [2.05, 4.69) is 5.16 Å². The van der Waals surface area contributed by atoms with Crippen LogP contribution >= 0.6 is 0 Å². The summed E-state index contributed by atoms with van der Waals surface area (Å²) in [5.41, 5.74) is 6.36. The van der Waals surface area contributed by atoms with Gasteiger partial charge in [0.2, 0.25) is 0 Å². The first-order chi connectivity index (χ1) is 10.7. The van der Waals surface area contributed by atoms with E-state index in [0.717, 1.165) is 0 Å². The second kappa shape index (κ2) is 7.68. The van der Waals surface area contributed by atoms with Gasteiger partial charge in [-0.3, -0.25) is 0 Å². The molecule has 6 heteroatoms. The molecule has 114 valence electrons. The fraction of sp³-hybridized carbons (Fsp3) is 0.125. The van der Waals surface area contributed by atoms with Crippen LogP contribution in [-0.4, -0.2) is 25.5 Å². The lowest BCUT2D eigenvalue weighted by Gasteiger charge is -2.04. The van der Waals surface area contributed by atoms with E-state index >= 15 is 0 Å². The predicted octanol–water partition coefficient (Wildman–Crippen LogP) is 1.94. The van der Waals surface area contributed by atoms with Crippen molar-refractivity contribution in [3.63, 3.8) is 0 Å². The van der Waals surface area contributed by atoms with Crippen LogP contribution in [0.3, 0.4) is 0 Å². The molecule has 0 atom stereocenters. The number of rotatable bonds is 6. The summed E-state index contributed by atoms with van der Waals surface area (Å²) < 4.78 is 10.3. The largest absolute Gasteiger partial charge is 0.497 e. The number of carbonyl (C=O) groups is 1. The Kier molecular flexibility index (Phi) is 5.37. The predicted molar refractivity (Wildman–Crippen MR) is 81.7 cm³/mol. The van der Waals surface area contributed by atoms with Crippen LogP contribution in [0.2, 0.25) is 0 Å². The molecule has 0 fully saturated rings. The Labute approximate surface area is 128 Å². The zero-order valence-corrected chi connectivity index (χ0v) is 12.1. The van der Waals surface area contributed by atoms with Gasteiger partial charge in [-0.15, -0.1) is 0 Å². The summed E-state index contributed by atoms with van der Waals surface area (Å²) in [5, 5.41) is 3.59. The van der Waals surface area contributed by atoms with E-state index < -0.39 is 5.97 Å². The van der Waals surface area contributed by atoms with E-state index in [1.54, 1.807) is 55.6 Å². The van der Waals surface area contributed by atoms with Crippen molar-refractivity contribution in [2.24, 2.45) is 10.9 Å². The first kappa shape index (κ1) is 15.4. The molecule has 0 saturated heterocycles. The molecule has 2 aromatic rings. The Bertz CT molecular complexity index is 639. The standard InChI is InChI=1S/C16H16N2O4/c1-20-13-9-7-12(8-10-13)16(17)18-22-15(19)11-21-14-5-3-2-4-6-14/h2-10H,11H2,1H3,(H2,17,18). The number of hydrogen-bond acceptors (Lipinski definition) is 5. The van der Waals surface area contributed by atoms with Gasteiger partial charge in [0, 0.05) is 5.56 Å². The number of ether oxygens (including phenoxy) is 2. The van der Waals surface area contributed by atoms with Gasteiger partial charge in [-0.25, -0.2) is 4.79 Å². The number of nitrogens with two attached hydrogens (primary N) is 1. The third-order valence-corrected chi connectivity index (χ3v) is 2.73. The number of carbonyl (C=O) groups excluding carboxylic acids is 1. The number of hydrogen-bond donors (Lipinski definition) is 1. The van der Waals surface area contributed by atoms with Gasteiger partial charge in [-0.2, -0.15) is 0 Å². The Morgan fingerprint density at radius 3 is 2.36 bits per heavy atom. The van der Waals surface area contributed by atoms with Crippen LogP contribution in [0, 0.1) is 0 Å². The Hall–Kier alpha value is -3.02. The molecule has 0 aliphatic carbocycles. The smallest absolute Gasteiger partial charge is 0.372 e. The van der Waals surface area contributed by atoms with Gasteiger partial charge in [0.1, 0.15) is 11.5 Å². The normalized spacial score (nSPS) is 10.9. The average molecular weight is 300 g/mol. The summed E-state index contributed by atoms with van der Waals surface area (Å²) in [6.07, 6.45) is 0. The minimum absolute atomic E-state index is 0.0933. The molecule has 0 aromatic heterocycles. The van der Waals surface area contributed by atoms with Gasteiger partial charge in [-0.1, -0.05) is 23.4 Å². The van der Waals surface area contributed by atoms with Gasteiger partial charge in [0.25, 0.3) is 0 Å². The summed E-state index contributed by atoms with van der Waals surface area (Å²) in [4.78, 5) is 16.2. The van der Waals surface area contributed by atoms with Crippen LogP contribution in [0.1, 0.15) is 5.56 Å². The van der Waals surface area contributed by atoms with E-state index in [1.165, 1.54) is 0 Å². The Morgan fingerprint density at radius 2 is 1.73 bits per heavy atom. The van der Waals surface area contributed by atoms with Crippen LogP contribution < -0.4 is 15.2 Å². The van der Waals surface area contributed by atoms with E-state index in [-0.39, 0.29) is 12.4 Å². The minimum atomic E-state index is -0.639. The maximum atomic E-state index is 11.5. The highest BCUT2D eigenvalue weighted by atomic mass is 16.7. The zero-order chi connectivity index (χ0) is 15.8. The monoisotopic (exact) mass is 300 g/mol. The molecular formula is C16H16N2O4. The Morgan fingerprint density at radius 1 is 1.05 bits per heavy atom. The van der Waals surface area contributed by atoms with Crippen LogP contribution in [-0.2, 0) is 9.63 Å². The molecule has 22 heavy (non-hydrogen) atoms. The van der Waals surface area contributed by atoms with Gasteiger partial charge in [-0.05, 0) is 36.4 Å². The molecule has 2 rings (SSSR count). The third kappa shape index (κ3) is 4.52. The van der Waals surface area contributed by atoms with Crippen LogP contribution in [0.4, 0.5) is 0 Å². The third-order valence-electron chi connectivity index (χ3n) is 2.73. The molecule has 0 heterocycles. The summed E-state index contributed by atoms with van der Waals surface area (Å²) in [6, 6.07) is 15.8. The summed E-state index contributed by atoms with van der Waals surface area (Å²) in [7, 11) is 1.57. The number of amidine groups is 1. The molecular weight excluding hydrogens is 284 g/mol. The Balaban J connectivity index is 1.85. The quantitative estimate of drug-likeness (QED) is 0.381. The summed E-state index contributed by atoms with van der Waals surface area (Å²) in [5.74, 6) is 0.729. The molecule has 0 bridgehead atoms. The topological polar surface area (TPSA) is 83.1 Å². The van der Waals surface area contributed by atoms with E-state index in [1.807, 2.05) is 6.07 Å². The average Bonchev–Trinajstić information content (AvgIpc) is 2.58. The lowest BCUT2D eigenvalue weighted by Crippen LogP contribution is -2.17. The second-order valence-electron chi connectivity index (χ2n) is 4.27. The highest BCUT2D eigenvalue weighted by Gasteiger charge is 2.06. The number of nitrogens with zero attached hydrogens (tertiary/aromatic N) is 1. The molecule has 6 nitrogen and oxygen atoms in total. The maximum Gasteiger partial charge on any atom is 0.372 e. The van der Waals surface area contributed by atoms with E-state index in [9.17, 15) is 4.79 Å². The molecule has 0 saturated carbocycles. The first-order valence-corrected chi connectivity index (χ1v) is 6.54. The lowest BCUT2D eigenvalue weighted by atomic mass is 10.2. The van der Waals surface area contributed by atoms with Crippen molar-refractivity contribution in [3.8, 4) is 11.5 Å². The van der Waals surface area contributed by atoms with Crippen molar-refractivity contribution in [1.29, 1.82) is 0 Å². The lowest BCUT2D eigenvalue weighted by molar-refractivity contribution is -0.146. The molecule has 0 amide bonds. The van der Waals surface area contributed by atoms with Crippen molar-refractivity contribution in [2.75, 3.05) is 13.7 Å².